The van der Waals surface area contributed by atoms with Crippen LogP contribution in [0.2, 0.25) is 0 Å². The van der Waals surface area contributed by atoms with Crippen molar-refractivity contribution < 1.29 is 4.79 Å². The number of piperidine rings is 1. The Labute approximate surface area is 119 Å². The summed E-state index contributed by atoms with van der Waals surface area (Å²) in [6.07, 6.45) is 5.28. The van der Waals surface area contributed by atoms with E-state index in [1.54, 1.807) is 11.8 Å². The average Bonchev–Trinajstić information content (AvgIpc) is 2.47. The second-order valence-corrected chi connectivity index (χ2v) is 5.86. The molecule has 1 aromatic carbocycles. The van der Waals surface area contributed by atoms with Crippen molar-refractivity contribution in [3.05, 3.63) is 29.8 Å². The summed E-state index contributed by atoms with van der Waals surface area (Å²) in [6.45, 7) is 2.49. The number of benzene rings is 1. The number of likely N-dealkylation sites (tertiary alicyclic amines) is 1. The van der Waals surface area contributed by atoms with Crippen LogP contribution in [0.5, 0.6) is 0 Å². The third-order valence-electron chi connectivity index (χ3n) is 3.81. The lowest BCUT2D eigenvalue weighted by Crippen LogP contribution is -2.39. The number of rotatable bonds is 4. The van der Waals surface area contributed by atoms with Crippen LogP contribution >= 0.6 is 11.8 Å². The standard InChI is InChI=1S/C15H22N2OS/c1-19-14-5-3-2-4-13(14)15(18)17-10-7-12(6-9-16)8-11-17/h2-5,12H,6-11,16H2,1H3. The molecule has 0 saturated carbocycles. The van der Waals surface area contributed by atoms with Crippen LogP contribution < -0.4 is 5.73 Å². The van der Waals surface area contributed by atoms with Crippen LogP contribution in [0.1, 0.15) is 29.6 Å². The topological polar surface area (TPSA) is 46.3 Å². The molecule has 4 heteroatoms. The summed E-state index contributed by atoms with van der Waals surface area (Å²) < 4.78 is 0. The van der Waals surface area contributed by atoms with Crippen LogP contribution in [0.25, 0.3) is 0 Å². The van der Waals surface area contributed by atoms with E-state index in [9.17, 15) is 4.79 Å². The molecule has 2 rings (SSSR count). The summed E-state index contributed by atoms with van der Waals surface area (Å²) in [7, 11) is 0. The number of amides is 1. The van der Waals surface area contributed by atoms with Gasteiger partial charge in [0.15, 0.2) is 0 Å². The number of thioether (sulfide) groups is 1. The van der Waals surface area contributed by atoms with Crippen molar-refractivity contribution in [2.75, 3.05) is 25.9 Å². The molecule has 1 aromatic rings. The maximum absolute atomic E-state index is 12.5. The maximum Gasteiger partial charge on any atom is 0.254 e. The Bertz CT molecular complexity index is 428. The second-order valence-electron chi connectivity index (χ2n) is 5.01. The fourth-order valence-corrected chi connectivity index (χ4v) is 3.24. The molecule has 19 heavy (non-hydrogen) atoms. The normalized spacial score (nSPS) is 16.6. The zero-order valence-electron chi connectivity index (χ0n) is 11.5. The molecular weight excluding hydrogens is 256 g/mol. The third-order valence-corrected chi connectivity index (χ3v) is 4.61. The molecule has 1 aliphatic rings. The van der Waals surface area contributed by atoms with Gasteiger partial charge in [0.05, 0.1) is 5.56 Å². The molecular formula is C15H22N2OS. The molecule has 1 saturated heterocycles. The summed E-state index contributed by atoms with van der Waals surface area (Å²) in [5.41, 5.74) is 6.44. The molecule has 0 unspecified atom stereocenters. The average molecular weight is 278 g/mol. The molecule has 0 aliphatic carbocycles. The van der Waals surface area contributed by atoms with Crippen LogP contribution in [0.15, 0.2) is 29.2 Å². The van der Waals surface area contributed by atoms with Gasteiger partial charge in [-0.15, -0.1) is 11.8 Å². The highest BCUT2D eigenvalue weighted by Crippen LogP contribution is 2.25. The molecule has 0 bridgehead atoms. The molecule has 104 valence electrons. The zero-order valence-corrected chi connectivity index (χ0v) is 12.3. The van der Waals surface area contributed by atoms with Gasteiger partial charge in [0.1, 0.15) is 0 Å². The molecule has 0 atom stereocenters. The van der Waals surface area contributed by atoms with Gasteiger partial charge >= 0.3 is 0 Å². The monoisotopic (exact) mass is 278 g/mol. The highest BCUT2D eigenvalue weighted by atomic mass is 32.2. The van der Waals surface area contributed by atoms with Gasteiger partial charge in [0, 0.05) is 18.0 Å². The van der Waals surface area contributed by atoms with Crippen molar-refractivity contribution >= 4 is 17.7 Å². The summed E-state index contributed by atoms with van der Waals surface area (Å²) in [5, 5.41) is 0. The van der Waals surface area contributed by atoms with E-state index in [0.717, 1.165) is 49.4 Å². The van der Waals surface area contributed by atoms with Crippen molar-refractivity contribution in [2.45, 2.75) is 24.2 Å². The van der Waals surface area contributed by atoms with E-state index in [4.69, 9.17) is 5.73 Å². The number of hydrogen-bond donors (Lipinski definition) is 1. The van der Waals surface area contributed by atoms with Crippen molar-refractivity contribution in [2.24, 2.45) is 11.7 Å². The van der Waals surface area contributed by atoms with Crippen LogP contribution in [-0.2, 0) is 0 Å². The molecule has 1 amide bonds. The molecule has 1 aliphatic heterocycles. The van der Waals surface area contributed by atoms with Crippen LogP contribution in [0.3, 0.4) is 0 Å². The van der Waals surface area contributed by atoms with Gasteiger partial charge in [0.25, 0.3) is 5.91 Å². The lowest BCUT2D eigenvalue weighted by atomic mass is 9.93. The highest BCUT2D eigenvalue weighted by Gasteiger charge is 2.24. The van der Waals surface area contributed by atoms with Gasteiger partial charge in [-0.05, 0) is 50.1 Å². The van der Waals surface area contributed by atoms with Crippen LogP contribution in [0, 0.1) is 5.92 Å². The Morgan fingerprint density at radius 3 is 2.68 bits per heavy atom. The van der Waals surface area contributed by atoms with E-state index in [-0.39, 0.29) is 5.91 Å². The molecule has 0 aromatic heterocycles. The zero-order chi connectivity index (χ0) is 13.7. The van der Waals surface area contributed by atoms with Crippen molar-refractivity contribution in [1.29, 1.82) is 0 Å². The van der Waals surface area contributed by atoms with Crippen molar-refractivity contribution in [1.82, 2.24) is 4.90 Å². The minimum Gasteiger partial charge on any atom is -0.339 e. The summed E-state index contributed by atoms with van der Waals surface area (Å²) in [5.74, 6) is 0.876. The quantitative estimate of drug-likeness (QED) is 0.861. The molecule has 2 N–H and O–H groups in total. The molecule has 3 nitrogen and oxygen atoms in total. The molecule has 0 radical (unpaired) electrons. The first-order valence-corrected chi connectivity index (χ1v) is 8.11. The second kappa shape index (κ2) is 6.96. The van der Waals surface area contributed by atoms with Crippen molar-refractivity contribution in [3.63, 3.8) is 0 Å². The smallest absolute Gasteiger partial charge is 0.254 e. The Morgan fingerprint density at radius 1 is 1.37 bits per heavy atom. The molecule has 1 fully saturated rings. The first-order chi connectivity index (χ1) is 9.26. The van der Waals surface area contributed by atoms with Crippen LogP contribution in [0.4, 0.5) is 0 Å². The van der Waals surface area contributed by atoms with E-state index >= 15 is 0 Å². The van der Waals surface area contributed by atoms with Crippen molar-refractivity contribution in [3.8, 4) is 0 Å². The predicted molar refractivity (Wildman–Crippen MR) is 80.5 cm³/mol. The van der Waals surface area contributed by atoms with Gasteiger partial charge < -0.3 is 10.6 Å². The Morgan fingerprint density at radius 2 is 2.05 bits per heavy atom. The Kier molecular flexibility index (Phi) is 5.28. The largest absolute Gasteiger partial charge is 0.339 e. The third kappa shape index (κ3) is 3.51. The van der Waals surface area contributed by atoms with E-state index in [0.29, 0.717) is 5.92 Å². The van der Waals surface area contributed by atoms with Crippen LogP contribution in [-0.4, -0.2) is 36.7 Å². The number of hydrogen-bond acceptors (Lipinski definition) is 3. The maximum atomic E-state index is 12.5. The minimum absolute atomic E-state index is 0.177. The Balaban J connectivity index is 2.01. The molecule has 0 spiro atoms. The molecule has 1 heterocycles. The number of carbonyl (C=O) groups excluding carboxylic acids is 1. The summed E-state index contributed by atoms with van der Waals surface area (Å²) >= 11 is 1.63. The summed E-state index contributed by atoms with van der Waals surface area (Å²) in [6, 6.07) is 7.86. The van der Waals surface area contributed by atoms with Gasteiger partial charge in [-0.2, -0.15) is 0 Å². The number of nitrogens with zero attached hydrogens (tertiary/aromatic N) is 1. The van der Waals surface area contributed by atoms with E-state index in [2.05, 4.69) is 0 Å². The lowest BCUT2D eigenvalue weighted by molar-refractivity contribution is 0.0684. The fraction of sp³-hybridized carbons (Fsp3) is 0.533. The van der Waals surface area contributed by atoms with E-state index in [1.807, 2.05) is 35.4 Å². The fourth-order valence-electron chi connectivity index (χ4n) is 2.65. The minimum atomic E-state index is 0.177. The van der Waals surface area contributed by atoms with E-state index < -0.39 is 0 Å². The predicted octanol–water partition coefficient (Wildman–Crippen LogP) is 2.61. The summed E-state index contributed by atoms with van der Waals surface area (Å²) in [4.78, 5) is 15.6. The lowest BCUT2D eigenvalue weighted by Gasteiger charge is -2.32. The highest BCUT2D eigenvalue weighted by molar-refractivity contribution is 7.98. The van der Waals surface area contributed by atoms with Gasteiger partial charge in [0.2, 0.25) is 0 Å². The first-order valence-electron chi connectivity index (χ1n) is 6.88. The van der Waals surface area contributed by atoms with Gasteiger partial charge in [-0.25, -0.2) is 0 Å². The number of nitrogens with two attached hydrogens (primary N) is 1. The first kappa shape index (κ1) is 14.4. The Hall–Kier alpha value is -1.00. The van der Waals surface area contributed by atoms with Gasteiger partial charge in [-0.1, -0.05) is 12.1 Å². The number of carbonyl (C=O) groups is 1. The SMILES string of the molecule is CSc1ccccc1C(=O)N1CCC(CCN)CC1. The van der Waals surface area contributed by atoms with Gasteiger partial charge in [-0.3, -0.25) is 4.79 Å². The van der Waals surface area contributed by atoms with E-state index in [1.165, 1.54) is 0 Å².